The molecule has 0 radical (unpaired) electrons. The van der Waals surface area contributed by atoms with Crippen LogP contribution in [0.3, 0.4) is 0 Å². The van der Waals surface area contributed by atoms with E-state index in [0.717, 1.165) is 102 Å². The van der Waals surface area contributed by atoms with E-state index in [-0.39, 0.29) is 0 Å². The van der Waals surface area contributed by atoms with E-state index in [1.54, 1.807) is 0 Å². The van der Waals surface area contributed by atoms with Crippen LogP contribution in [0.15, 0.2) is 206 Å². The fraction of sp³-hybridized carbons (Fsp3) is 0. The minimum Gasteiger partial charge on any atom is -0.453 e. The maximum absolute atomic E-state index is 11.1. The third-order valence-corrected chi connectivity index (χ3v) is 11.6. The van der Waals surface area contributed by atoms with Gasteiger partial charge < -0.3 is 24.7 Å². The van der Waals surface area contributed by atoms with Gasteiger partial charge in [0.1, 0.15) is 6.07 Å². The first-order valence-electron chi connectivity index (χ1n) is 20.5. The molecule has 2 heterocycles. The zero-order valence-corrected chi connectivity index (χ0v) is 33.4. The lowest BCUT2D eigenvalue weighted by atomic mass is 9.77. The molecular formula is C56H36N4O2. The zero-order valence-electron chi connectivity index (χ0n) is 33.4. The molecule has 0 fully saturated rings. The molecule has 0 aromatic heterocycles. The third kappa shape index (κ3) is 5.99. The molecule has 9 aromatic carbocycles. The summed E-state index contributed by atoms with van der Waals surface area (Å²) in [4.78, 5) is 4.46. The summed E-state index contributed by atoms with van der Waals surface area (Å²) in [7, 11) is 0. The minimum atomic E-state index is 0.446. The minimum absolute atomic E-state index is 0.446. The van der Waals surface area contributed by atoms with Gasteiger partial charge in [0.2, 0.25) is 0 Å². The van der Waals surface area contributed by atoms with E-state index in [9.17, 15) is 5.26 Å². The van der Waals surface area contributed by atoms with Crippen LogP contribution in [0.4, 0.5) is 34.1 Å². The van der Waals surface area contributed by atoms with E-state index in [4.69, 9.17) is 14.9 Å². The summed E-state index contributed by atoms with van der Waals surface area (Å²) >= 11 is 0. The normalized spacial score (nSPS) is 12.1. The van der Waals surface area contributed by atoms with E-state index in [0.29, 0.717) is 11.1 Å². The largest absolute Gasteiger partial charge is 0.453 e. The third-order valence-electron chi connectivity index (χ3n) is 11.6. The van der Waals surface area contributed by atoms with Crippen molar-refractivity contribution >= 4 is 40.3 Å². The molecule has 0 atom stereocenters. The van der Waals surface area contributed by atoms with Crippen molar-refractivity contribution in [1.82, 2.24) is 0 Å². The smallest absolute Gasteiger partial charge is 0.151 e. The second-order valence-electron chi connectivity index (χ2n) is 15.1. The molecule has 0 unspecified atom stereocenters. The molecule has 0 bridgehead atoms. The molecule has 0 saturated heterocycles. The van der Waals surface area contributed by atoms with E-state index < -0.39 is 0 Å². The number of ether oxygens (including phenoxy) is 2. The van der Waals surface area contributed by atoms with Gasteiger partial charge >= 0.3 is 0 Å². The van der Waals surface area contributed by atoms with Gasteiger partial charge in [0.25, 0.3) is 0 Å². The molecule has 292 valence electrons. The Balaban J connectivity index is 1.16. The van der Waals surface area contributed by atoms with Crippen LogP contribution in [-0.4, -0.2) is 6.21 Å². The van der Waals surface area contributed by atoms with Gasteiger partial charge in [0, 0.05) is 34.3 Å². The molecule has 62 heavy (non-hydrogen) atoms. The van der Waals surface area contributed by atoms with Crippen LogP contribution in [0, 0.1) is 16.7 Å². The maximum Gasteiger partial charge on any atom is 0.151 e. The summed E-state index contributed by atoms with van der Waals surface area (Å²) in [6.45, 7) is 0. The molecule has 6 heteroatoms. The second-order valence-corrected chi connectivity index (χ2v) is 15.1. The van der Waals surface area contributed by atoms with Crippen molar-refractivity contribution in [2.45, 2.75) is 0 Å². The van der Waals surface area contributed by atoms with Crippen LogP contribution in [0.2, 0.25) is 0 Å². The summed E-state index contributed by atoms with van der Waals surface area (Å²) in [5.74, 6) is 3.13. The van der Waals surface area contributed by atoms with E-state index in [1.165, 1.54) is 6.21 Å². The number of anilines is 6. The number of benzene rings is 9. The van der Waals surface area contributed by atoms with Crippen LogP contribution in [0.1, 0.15) is 11.1 Å². The number of para-hydroxylation sites is 8. The summed E-state index contributed by atoms with van der Waals surface area (Å²) < 4.78 is 12.7. The first-order valence-corrected chi connectivity index (χ1v) is 20.5. The Kier molecular flexibility index (Phi) is 8.92. The highest BCUT2D eigenvalue weighted by molar-refractivity contribution is 6.11. The van der Waals surface area contributed by atoms with Gasteiger partial charge in [-0.3, -0.25) is 0 Å². The quantitative estimate of drug-likeness (QED) is 0.163. The van der Waals surface area contributed by atoms with Crippen molar-refractivity contribution in [1.29, 1.82) is 10.7 Å². The van der Waals surface area contributed by atoms with Gasteiger partial charge in [-0.05, 0) is 106 Å². The van der Waals surface area contributed by atoms with Crippen LogP contribution < -0.4 is 19.3 Å². The molecule has 11 rings (SSSR count). The first kappa shape index (κ1) is 36.4. The van der Waals surface area contributed by atoms with Crippen LogP contribution in [-0.2, 0) is 0 Å². The Bertz CT molecular complexity index is 3120. The predicted molar refractivity (Wildman–Crippen MR) is 250 cm³/mol. The number of hydrogen-bond donors (Lipinski definition) is 1. The van der Waals surface area contributed by atoms with Crippen LogP contribution in [0.25, 0.3) is 44.5 Å². The Labute approximate surface area is 359 Å². The zero-order chi connectivity index (χ0) is 41.6. The van der Waals surface area contributed by atoms with Crippen molar-refractivity contribution < 1.29 is 9.47 Å². The van der Waals surface area contributed by atoms with E-state index >= 15 is 0 Å². The number of nitrogens with one attached hydrogen (secondary N) is 1. The molecule has 1 N–H and O–H groups in total. The molecule has 9 aromatic rings. The molecule has 2 aliphatic rings. The van der Waals surface area contributed by atoms with Crippen molar-refractivity contribution in [2.24, 2.45) is 0 Å². The Morgan fingerprint density at radius 1 is 0.371 bits per heavy atom. The van der Waals surface area contributed by atoms with Crippen LogP contribution in [0.5, 0.6) is 23.0 Å². The summed E-state index contributed by atoms with van der Waals surface area (Å²) in [6.07, 6.45) is 1.34. The SMILES string of the molecule is N#Cc1c(C=N)c(-c2ccccc2)c(-c2ccc(N3c4ccccc4Oc4ccccc43)cc2)c(-c2ccc(N3c4ccccc4Oc4ccccc43)cc2)c1-c1ccccc1. The Hall–Kier alpha value is -8.66. The van der Waals surface area contributed by atoms with Gasteiger partial charge in [-0.2, -0.15) is 5.26 Å². The van der Waals surface area contributed by atoms with Gasteiger partial charge in [-0.1, -0.05) is 133 Å². The standard InChI is InChI=1S/C56H36N4O2/c57-35-43-44(36-58)54(38-17-5-2-6-18-38)56(40-29-33-42(34-30-40)60-47-21-9-13-25-51(47)62-52-26-14-10-22-48(52)60)55(53(43)37-15-3-1-4-16-37)39-27-31-41(32-28-39)59-45-19-7-11-23-49(45)61-50-24-12-8-20-46(50)59/h1-35,57H. The molecule has 6 nitrogen and oxygen atoms in total. The fourth-order valence-electron chi connectivity index (χ4n) is 8.93. The van der Waals surface area contributed by atoms with Crippen molar-refractivity contribution in [3.8, 4) is 73.6 Å². The average Bonchev–Trinajstić information content (AvgIpc) is 3.34. The lowest BCUT2D eigenvalue weighted by Crippen LogP contribution is -2.15. The molecule has 0 amide bonds. The highest BCUT2D eigenvalue weighted by Gasteiger charge is 2.30. The number of hydrogen-bond acceptors (Lipinski definition) is 6. The van der Waals surface area contributed by atoms with Crippen molar-refractivity contribution in [2.75, 3.05) is 9.80 Å². The lowest BCUT2D eigenvalue weighted by Gasteiger charge is -2.33. The van der Waals surface area contributed by atoms with Crippen molar-refractivity contribution in [3.05, 3.63) is 217 Å². The van der Waals surface area contributed by atoms with E-state index in [1.807, 2.05) is 121 Å². The second kappa shape index (κ2) is 15.2. The van der Waals surface area contributed by atoms with Crippen molar-refractivity contribution in [3.63, 3.8) is 0 Å². The predicted octanol–water partition coefficient (Wildman–Crippen LogP) is 15.4. The maximum atomic E-state index is 11.1. The number of rotatable bonds is 7. The summed E-state index contributed by atoms with van der Waals surface area (Å²) in [5, 5.41) is 20.1. The highest BCUT2D eigenvalue weighted by Crippen LogP contribution is 2.54. The Morgan fingerprint density at radius 2 is 0.694 bits per heavy atom. The summed E-state index contributed by atoms with van der Waals surface area (Å²) in [5.41, 5.74) is 13.9. The lowest BCUT2D eigenvalue weighted by molar-refractivity contribution is 0.477. The molecule has 2 aliphatic heterocycles. The number of nitrogens with zero attached hydrogens (tertiary/aromatic N) is 3. The topological polar surface area (TPSA) is 72.6 Å². The number of fused-ring (bicyclic) bond motifs is 4. The first-order chi connectivity index (χ1) is 30.7. The van der Waals surface area contributed by atoms with Gasteiger partial charge in [-0.15, -0.1) is 0 Å². The van der Waals surface area contributed by atoms with Gasteiger partial charge in [0.05, 0.1) is 28.3 Å². The molecule has 0 aliphatic carbocycles. The number of nitriles is 1. The van der Waals surface area contributed by atoms with E-state index in [2.05, 4.69) is 101 Å². The molecule has 0 saturated carbocycles. The van der Waals surface area contributed by atoms with Gasteiger partial charge in [0.15, 0.2) is 23.0 Å². The van der Waals surface area contributed by atoms with Crippen LogP contribution >= 0.6 is 0 Å². The average molecular weight is 797 g/mol. The van der Waals surface area contributed by atoms with Gasteiger partial charge in [-0.25, -0.2) is 0 Å². The molecule has 0 spiro atoms. The molecular weight excluding hydrogens is 761 g/mol. The monoisotopic (exact) mass is 796 g/mol. The Morgan fingerprint density at radius 3 is 1.06 bits per heavy atom. The highest BCUT2D eigenvalue weighted by atomic mass is 16.5. The summed E-state index contributed by atoms with van der Waals surface area (Å²) in [6, 6.07) is 72.3. The fourth-order valence-corrected chi connectivity index (χ4v) is 8.93.